The van der Waals surface area contributed by atoms with Crippen molar-refractivity contribution in [3.63, 3.8) is 0 Å². The second-order valence-electron chi connectivity index (χ2n) is 14.3. The maximum atomic E-state index is 12.5. The predicted octanol–water partition coefficient (Wildman–Crippen LogP) is 9.77. The molecule has 0 aliphatic heterocycles. The fourth-order valence-corrected chi connectivity index (χ4v) is 5.80. The highest BCUT2D eigenvalue weighted by atomic mass is 31.2. The second-order valence-corrected chi connectivity index (χ2v) is 15.7. The fourth-order valence-electron chi connectivity index (χ4n) is 5.07. The molecule has 10 heteroatoms. The standard InChI is InChI=1S/C39H74NO8P/c1-6-8-10-11-12-13-14-15-16-17-18-19-20-21-22-23-24-25-26-27-28-29-30-32-39(42)48-37(35-45-38(41)31-9-7-2)36-47-49(43,44)46-34-33-40(3,4)5/h14-15,17-18,37H,6-13,16,19-36H2,1-5H3/b15-14-,18-17-. The van der Waals surface area contributed by atoms with Gasteiger partial charge < -0.3 is 27.9 Å². The van der Waals surface area contributed by atoms with Gasteiger partial charge in [-0.15, -0.1) is 0 Å². The fraction of sp³-hybridized carbons (Fsp3) is 0.846. The summed E-state index contributed by atoms with van der Waals surface area (Å²) in [5.74, 6) is -0.876. The van der Waals surface area contributed by atoms with E-state index in [0.717, 1.165) is 32.1 Å². The summed E-state index contributed by atoms with van der Waals surface area (Å²) in [5.41, 5.74) is 0. The number of carbonyl (C=O) groups excluding carboxylic acids is 2. The molecular weight excluding hydrogens is 641 g/mol. The highest BCUT2D eigenvalue weighted by molar-refractivity contribution is 7.45. The number of quaternary nitrogens is 1. The van der Waals surface area contributed by atoms with E-state index >= 15 is 0 Å². The summed E-state index contributed by atoms with van der Waals surface area (Å²) in [6.07, 6.45) is 33.3. The maximum Gasteiger partial charge on any atom is 0.306 e. The molecule has 0 amide bonds. The normalized spacial score (nSPS) is 14.0. The van der Waals surface area contributed by atoms with E-state index in [-0.39, 0.29) is 26.1 Å². The van der Waals surface area contributed by atoms with Crippen LogP contribution in [0.2, 0.25) is 0 Å². The molecule has 0 bridgehead atoms. The van der Waals surface area contributed by atoms with Crippen LogP contribution in [0, 0.1) is 0 Å². The van der Waals surface area contributed by atoms with Crippen molar-refractivity contribution in [2.24, 2.45) is 0 Å². The summed E-state index contributed by atoms with van der Waals surface area (Å²) in [4.78, 5) is 36.6. The van der Waals surface area contributed by atoms with Crippen molar-refractivity contribution in [3.8, 4) is 0 Å². The number of unbranched alkanes of at least 4 members (excludes halogenated alkanes) is 17. The molecule has 0 aliphatic carbocycles. The highest BCUT2D eigenvalue weighted by Crippen LogP contribution is 2.38. The molecule has 0 aromatic rings. The largest absolute Gasteiger partial charge is 0.756 e. The molecular formula is C39H74NO8P. The molecule has 288 valence electrons. The van der Waals surface area contributed by atoms with Gasteiger partial charge in [0.15, 0.2) is 6.10 Å². The number of phosphoric ester groups is 1. The summed E-state index contributed by atoms with van der Waals surface area (Å²) < 4.78 is 33.3. The Balaban J connectivity index is 3.99. The average Bonchev–Trinajstić information content (AvgIpc) is 3.04. The molecule has 0 rings (SSSR count). The van der Waals surface area contributed by atoms with Crippen molar-refractivity contribution in [2.75, 3.05) is 47.5 Å². The van der Waals surface area contributed by atoms with Crippen LogP contribution in [0.15, 0.2) is 24.3 Å². The van der Waals surface area contributed by atoms with E-state index in [0.29, 0.717) is 23.9 Å². The summed E-state index contributed by atoms with van der Waals surface area (Å²) in [6, 6.07) is 0. The second kappa shape index (κ2) is 32.4. The third-order valence-corrected chi connectivity index (χ3v) is 9.19. The molecule has 0 fully saturated rings. The number of phosphoric acid groups is 1. The molecule has 0 radical (unpaired) electrons. The molecule has 0 aliphatic rings. The first kappa shape index (κ1) is 47.5. The Morgan fingerprint density at radius 3 is 1.65 bits per heavy atom. The van der Waals surface area contributed by atoms with Gasteiger partial charge in [-0.05, 0) is 44.9 Å². The smallest absolute Gasteiger partial charge is 0.306 e. The summed E-state index contributed by atoms with van der Waals surface area (Å²) in [5, 5.41) is 0. The third kappa shape index (κ3) is 36.1. The van der Waals surface area contributed by atoms with E-state index < -0.39 is 32.5 Å². The predicted molar refractivity (Wildman–Crippen MR) is 199 cm³/mol. The summed E-state index contributed by atoms with van der Waals surface area (Å²) in [7, 11) is 1.16. The minimum absolute atomic E-state index is 0.0310. The van der Waals surface area contributed by atoms with Gasteiger partial charge in [0.2, 0.25) is 0 Å². The monoisotopic (exact) mass is 716 g/mol. The number of carbonyl (C=O) groups is 2. The Morgan fingerprint density at radius 1 is 0.633 bits per heavy atom. The zero-order valence-corrected chi connectivity index (χ0v) is 33.0. The van der Waals surface area contributed by atoms with Crippen molar-refractivity contribution < 1.29 is 42.1 Å². The molecule has 0 spiro atoms. The van der Waals surface area contributed by atoms with Crippen LogP contribution in [0.3, 0.4) is 0 Å². The number of nitrogens with zero attached hydrogens (tertiary/aromatic N) is 1. The Bertz CT molecular complexity index is 902. The molecule has 49 heavy (non-hydrogen) atoms. The number of rotatable bonds is 35. The Kier molecular flexibility index (Phi) is 31.4. The lowest BCUT2D eigenvalue weighted by molar-refractivity contribution is -0.870. The summed E-state index contributed by atoms with van der Waals surface area (Å²) in [6.45, 7) is 3.94. The van der Waals surface area contributed by atoms with Crippen molar-refractivity contribution in [3.05, 3.63) is 24.3 Å². The third-order valence-electron chi connectivity index (χ3n) is 8.22. The zero-order chi connectivity index (χ0) is 36.5. The molecule has 2 atom stereocenters. The first-order chi connectivity index (χ1) is 23.5. The van der Waals surface area contributed by atoms with Gasteiger partial charge in [0.1, 0.15) is 19.8 Å². The van der Waals surface area contributed by atoms with E-state index in [1.807, 2.05) is 28.1 Å². The van der Waals surface area contributed by atoms with Gasteiger partial charge in [-0.3, -0.25) is 14.2 Å². The quantitative estimate of drug-likeness (QED) is 0.0210. The van der Waals surface area contributed by atoms with Crippen LogP contribution in [-0.4, -0.2) is 70.0 Å². The van der Waals surface area contributed by atoms with E-state index in [9.17, 15) is 19.0 Å². The molecule has 0 aromatic carbocycles. The number of ether oxygens (including phenoxy) is 2. The van der Waals surface area contributed by atoms with Gasteiger partial charge >= 0.3 is 11.9 Å². The number of allylic oxidation sites excluding steroid dienone is 4. The molecule has 0 saturated carbocycles. The van der Waals surface area contributed by atoms with Crippen molar-refractivity contribution in [1.82, 2.24) is 0 Å². The number of hydrogen-bond donors (Lipinski definition) is 0. The number of hydrogen-bond acceptors (Lipinski definition) is 8. The minimum atomic E-state index is -4.60. The van der Waals surface area contributed by atoms with Gasteiger partial charge in [-0.1, -0.05) is 128 Å². The van der Waals surface area contributed by atoms with E-state index in [4.69, 9.17) is 18.5 Å². The van der Waals surface area contributed by atoms with E-state index in [1.165, 1.54) is 89.9 Å². The van der Waals surface area contributed by atoms with Crippen LogP contribution in [0.25, 0.3) is 0 Å². The lowest BCUT2D eigenvalue weighted by atomic mass is 10.0. The van der Waals surface area contributed by atoms with Crippen LogP contribution in [0.4, 0.5) is 0 Å². The van der Waals surface area contributed by atoms with Crippen LogP contribution >= 0.6 is 7.82 Å². The zero-order valence-electron chi connectivity index (χ0n) is 32.1. The Labute approximate surface area is 300 Å². The number of esters is 2. The molecule has 0 aromatic heterocycles. The lowest BCUT2D eigenvalue weighted by Crippen LogP contribution is -2.37. The van der Waals surface area contributed by atoms with Gasteiger partial charge in [-0.25, -0.2) is 0 Å². The van der Waals surface area contributed by atoms with Gasteiger partial charge in [0.25, 0.3) is 7.82 Å². The minimum Gasteiger partial charge on any atom is -0.756 e. The van der Waals surface area contributed by atoms with Crippen molar-refractivity contribution in [1.29, 1.82) is 0 Å². The van der Waals surface area contributed by atoms with E-state index in [2.05, 4.69) is 31.2 Å². The van der Waals surface area contributed by atoms with Crippen LogP contribution in [0.5, 0.6) is 0 Å². The van der Waals surface area contributed by atoms with E-state index in [1.54, 1.807) is 0 Å². The Morgan fingerprint density at radius 2 is 1.12 bits per heavy atom. The van der Waals surface area contributed by atoms with Crippen LogP contribution in [-0.2, 0) is 32.7 Å². The topological polar surface area (TPSA) is 111 Å². The number of likely N-dealkylation sites (N-methyl/N-ethyl adjacent to an activating group) is 1. The SMILES string of the molecule is CCCCCCC/C=C\C/C=C\CCCCCCCCCCCCCC(=O)OC(COC(=O)CCCC)COP(=O)([O-])OCC[N+](C)(C)C. The molecule has 0 saturated heterocycles. The summed E-state index contributed by atoms with van der Waals surface area (Å²) >= 11 is 0. The van der Waals surface area contributed by atoms with Gasteiger partial charge in [0.05, 0.1) is 27.7 Å². The lowest BCUT2D eigenvalue weighted by Gasteiger charge is -2.28. The molecule has 0 heterocycles. The Hall–Kier alpha value is -1.51. The average molecular weight is 716 g/mol. The van der Waals surface area contributed by atoms with Crippen molar-refractivity contribution >= 4 is 19.8 Å². The van der Waals surface area contributed by atoms with Crippen LogP contribution < -0.4 is 4.89 Å². The van der Waals surface area contributed by atoms with Gasteiger partial charge in [0, 0.05) is 12.8 Å². The first-order valence-electron chi connectivity index (χ1n) is 19.5. The van der Waals surface area contributed by atoms with Crippen LogP contribution in [0.1, 0.15) is 162 Å². The molecule has 2 unspecified atom stereocenters. The van der Waals surface area contributed by atoms with Crippen molar-refractivity contribution in [2.45, 2.75) is 168 Å². The molecule has 9 nitrogen and oxygen atoms in total. The molecule has 0 N–H and O–H groups in total. The highest BCUT2D eigenvalue weighted by Gasteiger charge is 2.21. The van der Waals surface area contributed by atoms with Gasteiger partial charge in [-0.2, -0.15) is 0 Å². The maximum absolute atomic E-state index is 12.5. The first-order valence-corrected chi connectivity index (χ1v) is 21.0.